The van der Waals surface area contributed by atoms with Crippen LogP contribution in [-0.2, 0) is 31.3 Å². The number of hydrogen-bond donors (Lipinski definition) is 0. The van der Waals surface area contributed by atoms with E-state index in [9.17, 15) is 21.6 Å². The van der Waals surface area contributed by atoms with Crippen molar-refractivity contribution in [1.82, 2.24) is 8.61 Å². The van der Waals surface area contributed by atoms with E-state index in [0.717, 1.165) is 9.87 Å². The molecule has 168 valence electrons. The lowest BCUT2D eigenvalue weighted by molar-refractivity contribution is -0.123. The van der Waals surface area contributed by atoms with Crippen LogP contribution in [0.15, 0.2) is 44.8 Å². The molecule has 1 aromatic carbocycles. The van der Waals surface area contributed by atoms with Crippen LogP contribution in [0.1, 0.15) is 18.4 Å². The Morgan fingerprint density at radius 2 is 1.90 bits per heavy atom. The van der Waals surface area contributed by atoms with E-state index in [-0.39, 0.29) is 17.3 Å². The third kappa shape index (κ3) is 4.05. The first-order valence-electron chi connectivity index (χ1n) is 10.0. The highest BCUT2D eigenvalue weighted by molar-refractivity contribution is 7.91. The molecule has 8 nitrogen and oxygen atoms in total. The van der Waals surface area contributed by atoms with Crippen LogP contribution in [0, 0.1) is 5.92 Å². The van der Waals surface area contributed by atoms with Gasteiger partial charge in [-0.05, 0) is 54.5 Å². The van der Waals surface area contributed by atoms with Gasteiger partial charge in [-0.15, -0.1) is 11.3 Å². The van der Waals surface area contributed by atoms with E-state index in [2.05, 4.69) is 0 Å². The molecule has 1 saturated heterocycles. The van der Waals surface area contributed by atoms with E-state index in [1.165, 1.54) is 35.8 Å². The van der Waals surface area contributed by atoms with Crippen LogP contribution in [-0.4, -0.2) is 65.1 Å². The second-order valence-electron chi connectivity index (χ2n) is 7.95. The lowest BCUT2D eigenvalue weighted by atomic mass is 9.98. The second-order valence-corrected chi connectivity index (χ2v) is 13.2. The van der Waals surface area contributed by atoms with Crippen LogP contribution in [0.5, 0.6) is 0 Å². The van der Waals surface area contributed by atoms with Crippen molar-refractivity contribution in [3.05, 3.63) is 41.3 Å². The first-order chi connectivity index (χ1) is 14.6. The van der Waals surface area contributed by atoms with Gasteiger partial charge in [0.2, 0.25) is 15.9 Å². The van der Waals surface area contributed by atoms with E-state index in [0.29, 0.717) is 42.2 Å². The van der Waals surface area contributed by atoms with Gasteiger partial charge in [0.1, 0.15) is 4.21 Å². The fourth-order valence-electron chi connectivity index (χ4n) is 4.10. The van der Waals surface area contributed by atoms with Gasteiger partial charge in [-0.3, -0.25) is 4.79 Å². The number of rotatable bonds is 5. The van der Waals surface area contributed by atoms with E-state index in [4.69, 9.17) is 0 Å². The Bertz CT molecular complexity index is 1190. The topological polar surface area (TPSA) is 95.1 Å². The van der Waals surface area contributed by atoms with Gasteiger partial charge in [0, 0.05) is 39.4 Å². The average molecular weight is 484 g/mol. The molecule has 1 amide bonds. The Labute approximate surface area is 187 Å². The maximum absolute atomic E-state index is 13.3. The highest BCUT2D eigenvalue weighted by atomic mass is 32.2. The molecule has 0 bridgehead atoms. The molecule has 0 aliphatic carbocycles. The van der Waals surface area contributed by atoms with Gasteiger partial charge in [-0.2, -0.15) is 4.31 Å². The molecule has 1 fully saturated rings. The van der Waals surface area contributed by atoms with Gasteiger partial charge in [-0.25, -0.2) is 21.1 Å². The zero-order valence-corrected chi connectivity index (χ0v) is 19.8. The smallest absolute Gasteiger partial charge is 0.252 e. The summed E-state index contributed by atoms with van der Waals surface area (Å²) >= 11 is 1.18. The molecule has 4 rings (SSSR count). The van der Waals surface area contributed by atoms with Gasteiger partial charge in [-0.1, -0.05) is 6.07 Å². The van der Waals surface area contributed by atoms with Crippen molar-refractivity contribution in [2.45, 2.75) is 28.4 Å². The Morgan fingerprint density at radius 1 is 1.13 bits per heavy atom. The molecule has 2 aliphatic rings. The minimum absolute atomic E-state index is 0.104. The number of nitrogens with zero attached hydrogens (tertiary/aromatic N) is 3. The summed E-state index contributed by atoms with van der Waals surface area (Å²) in [4.78, 5) is 15.2. The molecular weight excluding hydrogens is 458 g/mol. The number of piperidine rings is 1. The Balaban J connectivity index is 1.54. The molecule has 3 heterocycles. The lowest BCUT2D eigenvalue weighted by Gasteiger charge is -2.33. The van der Waals surface area contributed by atoms with Crippen molar-refractivity contribution >= 4 is 43.0 Å². The summed E-state index contributed by atoms with van der Waals surface area (Å²) in [5.74, 6) is -0.521. The van der Waals surface area contributed by atoms with Crippen LogP contribution in [0.4, 0.5) is 5.69 Å². The van der Waals surface area contributed by atoms with E-state index in [1.54, 1.807) is 34.5 Å². The molecule has 2 aromatic rings. The van der Waals surface area contributed by atoms with Crippen molar-refractivity contribution < 1.29 is 21.6 Å². The number of anilines is 1. The molecule has 0 spiro atoms. The van der Waals surface area contributed by atoms with Crippen molar-refractivity contribution in [1.29, 1.82) is 0 Å². The number of hydrogen-bond acceptors (Lipinski definition) is 6. The molecule has 2 aliphatic heterocycles. The molecular formula is C20H25N3O5S3. The third-order valence-corrected chi connectivity index (χ3v) is 10.9. The average Bonchev–Trinajstić information content (AvgIpc) is 3.43. The SMILES string of the molecule is CN(C)S(=O)(=O)c1ccc2c(c1)CCN2C(=O)[C@H]1CCCN(S(=O)(=O)c2cccs2)C1. The minimum atomic E-state index is -3.59. The zero-order valence-electron chi connectivity index (χ0n) is 17.4. The molecule has 11 heteroatoms. The summed E-state index contributed by atoms with van der Waals surface area (Å²) in [6, 6.07) is 8.12. The van der Waals surface area contributed by atoms with Crippen molar-refractivity contribution in [3.63, 3.8) is 0 Å². The number of benzene rings is 1. The lowest BCUT2D eigenvalue weighted by Crippen LogP contribution is -2.46. The highest BCUT2D eigenvalue weighted by Crippen LogP contribution is 2.34. The zero-order chi connectivity index (χ0) is 22.4. The predicted octanol–water partition coefficient (Wildman–Crippen LogP) is 1.99. The number of carbonyl (C=O) groups is 1. The Hall–Kier alpha value is -1.79. The first kappa shape index (κ1) is 22.4. The fraction of sp³-hybridized carbons (Fsp3) is 0.450. The number of carbonyl (C=O) groups excluding carboxylic acids is 1. The molecule has 31 heavy (non-hydrogen) atoms. The van der Waals surface area contributed by atoms with Crippen LogP contribution >= 0.6 is 11.3 Å². The second kappa shape index (κ2) is 8.28. The maximum Gasteiger partial charge on any atom is 0.252 e. The van der Waals surface area contributed by atoms with Gasteiger partial charge in [0.25, 0.3) is 10.0 Å². The summed E-state index contributed by atoms with van der Waals surface area (Å²) in [5.41, 5.74) is 1.52. The molecule has 0 N–H and O–H groups in total. The summed E-state index contributed by atoms with van der Waals surface area (Å²) in [7, 11) is -4.17. The minimum Gasteiger partial charge on any atom is -0.312 e. The number of thiophene rings is 1. The van der Waals surface area contributed by atoms with Gasteiger partial charge >= 0.3 is 0 Å². The predicted molar refractivity (Wildman–Crippen MR) is 119 cm³/mol. The third-order valence-electron chi connectivity index (χ3n) is 5.81. The molecule has 1 atom stereocenters. The van der Waals surface area contributed by atoms with E-state index >= 15 is 0 Å². The quantitative estimate of drug-likeness (QED) is 0.648. The van der Waals surface area contributed by atoms with Crippen LogP contribution < -0.4 is 4.90 Å². The van der Waals surface area contributed by atoms with E-state index in [1.807, 2.05) is 0 Å². The standard InChI is InChI=1S/C20H25N3O5S3/c1-21(2)30(25,26)17-7-8-18-15(13-17)9-11-23(18)20(24)16-5-3-10-22(14-16)31(27,28)19-6-4-12-29-19/h4,6-8,12-13,16H,3,5,9-11,14H2,1-2H3/t16-/m0/s1. The van der Waals surface area contributed by atoms with Crippen LogP contribution in [0.25, 0.3) is 0 Å². The normalized spacial score (nSPS) is 20.2. The van der Waals surface area contributed by atoms with Crippen LogP contribution in [0.2, 0.25) is 0 Å². The number of fused-ring (bicyclic) bond motifs is 1. The maximum atomic E-state index is 13.3. The fourth-order valence-corrected chi connectivity index (χ4v) is 7.72. The van der Waals surface area contributed by atoms with Crippen molar-refractivity contribution in [2.24, 2.45) is 5.92 Å². The molecule has 0 saturated carbocycles. The number of amides is 1. The van der Waals surface area contributed by atoms with Gasteiger partial charge in [0.15, 0.2) is 0 Å². The summed E-state index contributed by atoms with van der Waals surface area (Å²) in [6.07, 6.45) is 1.83. The van der Waals surface area contributed by atoms with Gasteiger partial charge in [0.05, 0.1) is 10.8 Å². The summed E-state index contributed by atoms with van der Waals surface area (Å²) in [6.45, 7) is 1.04. The van der Waals surface area contributed by atoms with Crippen molar-refractivity contribution in [2.75, 3.05) is 38.6 Å². The molecule has 0 radical (unpaired) electrons. The first-order valence-corrected chi connectivity index (χ1v) is 13.8. The van der Waals surface area contributed by atoms with Crippen LogP contribution in [0.3, 0.4) is 0 Å². The number of sulfonamides is 2. The van der Waals surface area contributed by atoms with Crippen molar-refractivity contribution in [3.8, 4) is 0 Å². The van der Waals surface area contributed by atoms with Gasteiger partial charge < -0.3 is 4.90 Å². The monoisotopic (exact) mass is 483 g/mol. The molecule has 0 unspecified atom stereocenters. The largest absolute Gasteiger partial charge is 0.312 e. The Kier molecular flexibility index (Phi) is 5.99. The molecule has 1 aromatic heterocycles. The summed E-state index contributed by atoms with van der Waals surface area (Å²) < 4.78 is 53.4. The summed E-state index contributed by atoms with van der Waals surface area (Å²) in [5, 5.41) is 1.73. The highest BCUT2D eigenvalue weighted by Gasteiger charge is 2.37. The Morgan fingerprint density at radius 3 is 2.58 bits per heavy atom. The van der Waals surface area contributed by atoms with E-state index < -0.39 is 26.0 Å².